The van der Waals surface area contributed by atoms with Gasteiger partial charge in [0.25, 0.3) is 5.69 Å². The van der Waals surface area contributed by atoms with Gasteiger partial charge in [0.15, 0.2) is 0 Å². The number of benzene rings is 2. The molecule has 0 unspecified atom stereocenters. The third-order valence-electron chi connectivity index (χ3n) is 2.64. The van der Waals surface area contributed by atoms with Crippen molar-refractivity contribution in [3.8, 4) is 0 Å². The Kier molecular flexibility index (Phi) is 4.42. The molecular weight excluding hydrogens is 306 g/mol. The van der Waals surface area contributed by atoms with E-state index in [1.807, 2.05) is 0 Å². The standard InChI is InChI=1S/C13H9Cl2FN2O2/c14-9-2-1-8(13(5-9)18(19)20)7-17-12-4-3-10(16)6-11(12)15/h1-6,17H,7H2. The van der Waals surface area contributed by atoms with E-state index >= 15 is 0 Å². The molecule has 0 saturated heterocycles. The maximum absolute atomic E-state index is 12.9. The van der Waals surface area contributed by atoms with Crippen LogP contribution >= 0.6 is 23.2 Å². The lowest BCUT2D eigenvalue weighted by Gasteiger charge is -2.09. The Bertz CT molecular complexity index is 665. The number of nitrogens with one attached hydrogen (secondary N) is 1. The molecule has 0 saturated carbocycles. The van der Waals surface area contributed by atoms with Crippen LogP contribution < -0.4 is 5.32 Å². The second kappa shape index (κ2) is 6.07. The number of hydrogen-bond donors (Lipinski definition) is 1. The highest BCUT2D eigenvalue weighted by molar-refractivity contribution is 6.33. The number of rotatable bonds is 4. The number of hydrogen-bond acceptors (Lipinski definition) is 3. The Labute approximate surface area is 124 Å². The summed E-state index contributed by atoms with van der Waals surface area (Å²) in [5.74, 6) is -0.446. The van der Waals surface area contributed by atoms with E-state index < -0.39 is 10.7 Å². The molecule has 0 radical (unpaired) electrons. The average Bonchev–Trinajstić information content (AvgIpc) is 2.38. The largest absolute Gasteiger partial charge is 0.379 e. The van der Waals surface area contributed by atoms with Crippen LogP contribution in [-0.2, 0) is 6.54 Å². The Morgan fingerprint density at radius 3 is 2.60 bits per heavy atom. The predicted molar refractivity (Wildman–Crippen MR) is 76.8 cm³/mol. The van der Waals surface area contributed by atoms with Crippen LogP contribution in [0, 0.1) is 15.9 Å². The first-order chi connectivity index (χ1) is 9.47. The number of nitro groups is 1. The van der Waals surface area contributed by atoms with E-state index in [4.69, 9.17) is 23.2 Å². The van der Waals surface area contributed by atoms with Gasteiger partial charge in [0.2, 0.25) is 0 Å². The van der Waals surface area contributed by atoms with Crippen molar-refractivity contribution in [2.75, 3.05) is 5.32 Å². The first-order valence-corrected chi connectivity index (χ1v) is 6.34. The van der Waals surface area contributed by atoms with Crippen LogP contribution in [0.5, 0.6) is 0 Å². The molecule has 0 spiro atoms. The first-order valence-electron chi connectivity index (χ1n) is 5.59. The van der Waals surface area contributed by atoms with Crippen LogP contribution in [0.25, 0.3) is 0 Å². The maximum Gasteiger partial charge on any atom is 0.275 e. The van der Waals surface area contributed by atoms with E-state index in [1.165, 1.54) is 24.3 Å². The van der Waals surface area contributed by atoms with Crippen molar-refractivity contribution < 1.29 is 9.31 Å². The van der Waals surface area contributed by atoms with Crippen molar-refractivity contribution in [3.05, 3.63) is 67.9 Å². The van der Waals surface area contributed by atoms with E-state index in [2.05, 4.69) is 5.32 Å². The molecule has 104 valence electrons. The second-order valence-corrected chi connectivity index (χ2v) is 4.85. The van der Waals surface area contributed by atoms with Gasteiger partial charge in [-0.05, 0) is 30.3 Å². The van der Waals surface area contributed by atoms with Crippen LogP contribution in [0.2, 0.25) is 10.0 Å². The summed E-state index contributed by atoms with van der Waals surface area (Å²) in [6.45, 7) is 0.179. The van der Waals surface area contributed by atoms with Crippen LogP contribution in [-0.4, -0.2) is 4.92 Å². The molecule has 4 nitrogen and oxygen atoms in total. The number of nitrogens with zero attached hydrogens (tertiary/aromatic N) is 1. The highest BCUT2D eigenvalue weighted by atomic mass is 35.5. The molecule has 2 aromatic carbocycles. The van der Waals surface area contributed by atoms with Gasteiger partial charge in [0.05, 0.1) is 15.6 Å². The van der Waals surface area contributed by atoms with E-state index in [0.29, 0.717) is 16.3 Å². The summed E-state index contributed by atoms with van der Waals surface area (Å²) in [6.07, 6.45) is 0. The highest BCUT2D eigenvalue weighted by Crippen LogP contribution is 2.26. The normalized spacial score (nSPS) is 10.3. The molecule has 0 fully saturated rings. The molecule has 0 aliphatic carbocycles. The number of anilines is 1. The average molecular weight is 315 g/mol. The lowest BCUT2D eigenvalue weighted by molar-refractivity contribution is -0.385. The molecule has 0 amide bonds. The monoisotopic (exact) mass is 314 g/mol. The topological polar surface area (TPSA) is 55.2 Å². The second-order valence-electron chi connectivity index (χ2n) is 4.01. The van der Waals surface area contributed by atoms with Crippen LogP contribution in [0.15, 0.2) is 36.4 Å². The summed E-state index contributed by atoms with van der Waals surface area (Å²) in [7, 11) is 0. The van der Waals surface area contributed by atoms with Gasteiger partial charge in [-0.1, -0.05) is 23.2 Å². The van der Waals surface area contributed by atoms with Crippen molar-refractivity contribution in [2.24, 2.45) is 0 Å². The van der Waals surface area contributed by atoms with Crippen LogP contribution in [0.4, 0.5) is 15.8 Å². The zero-order valence-corrected chi connectivity index (χ0v) is 11.6. The minimum Gasteiger partial charge on any atom is -0.379 e. The molecule has 20 heavy (non-hydrogen) atoms. The minimum atomic E-state index is -0.505. The van der Waals surface area contributed by atoms with Crippen LogP contribution in [0.1, 0.15) is 5.56 Å². The Morgan fingerprint density at radius 1 is 1.20 bits per heavy atom. The van der Waals surface area contributed by atoms with Gasteiger partial charge < -0.3 is 5.32 Å². The fourth-order valence-corrected chi connectivity index (χ4v) is 2.08. The lowest BCUT2D eigenvalue weighted by atomic mass is 10.1. The summed E-state index contributed by atoms with van der Waals surface area (Å²) in [4.78, 5) is 10.4. The molecule has 0 heterocycles. The Balaban J connectivity index is 2.20. The molecule has 2 aromatic rings. The smallest absolute Gasteiger partial charge is 0.275 e. The Hall–Kier alpha value is -1.85. The van der Waals surface area contributed by atoms with Crippen molar-refractivity contribution in [1.29, 1.82) is 0 Å². The minimum absolute atomic E-state index is 0.0803. The van der Waals surface area contributed by atoms with Gasteiger partial charge in [-0.25, -0.2) is 4.39 Å². The zero-order chi connectivity index (χ0) is 14.7. The van der Waals surface area contributed by atoms with Crippen molar-refractivity contribution in [1.82, 2.24) is 0 Å². The van der Waals surface area contributed by atoms with Crippen LogP contribution in [0.3, 0.4) is 0 Å². The van der Waals surface area contributed by atoms with Crippen molar-refractivity contribution in [3.63, 3.8) is 0 Å². The Morgan fingerprint density at radius 2 is 1.95 bits per heavy atom. The van der Waals surface area contributed by atoms with Crippen molar-refractivity contribution >= 4 is 34.6 Å². The first kappa shape index (κ1) is 14.6. The van der Waals surface area contributed by atoms with Gasteiger partial charge >= 0.3 is 0 Å². The highest BCUT2D eigenvalue weighted by Gasteiger charge is 2.14. The molecule has 7 heteroatoms. The lowest BCUT2D eigenvalue weighted by Crippen LogP contribution is -2.03. The van der Waals surface area contributed by atoms with Crippen molar-refractivity contribution in [2.45, 2.75) is 6.54 Å². The summed E-state index contributed by atoms with van der Waals surface area (Å²) >= 11 is 11.6. The molecule has 1 N–H and O–H groups in total. The van der Waals surface area contributed by atoms with E-state index in [1.54, 1.807) is 12.1 Å². The van der Waals surface area contributed by atoms with E-state index in [0.717, 1.165) is 0 Å². The quantitative estimate of drug-likeness (QED) is 0.660. The SMILES string of the molecule is O=[N+]([O-])c1cc(Cl)ccc1CNc1ccc(F)cc1Cl. The third-order valence-corrected chi connectivity index (χ3v) is 3.19. The molecule has 0 aliphatic heterocycles. The number of halogens is 3. The molecule has 2 rings (SSSR count). The summed E-state index contributed by atoms with van der Waals surface area (Å²) in [5, 5.41) is 14.4. The maximum atomic E-state index is 12.9. The number of nitro benzene ring substituents is 1. The van der Waals surface area contributed by atoms with Gasteiger partial charge in [-0.2, -0.15) is 0 Å². The molecule has 0 aliphatic rings. The molecular formula is C13H9Cl2FN2O2. The van der Waals surface area contributed by atoms with Gasteiger partial charge in [0, 0.05) is 23.2 Å². The zero-order valence-electron chi connectivity index (χ0n) is 10.1. The molecule has 0 aromatic heterocycles. The van der Waals surface area contributed by atoms with Gasteiger partial charge in [0.1, 0.15) is 5.82 Å². The summed E-state index contributed by atoms with van der Waals surface area (Å²) < 4.78 is 12.9. The molecule has 0 atom stereocenters. The van der Waals surface area contributed by atoms with E-state index in [-0.39, 0.29) is 17.3 Å². The van der Waals surface area contributed by atoms with E-state index in [9.17, 15) is 14.5 Å². The fraction of sp³-hybridized carbons (Fsp3) is 0.0769. The summed E-state index contributed by atoms with van der Waals surface area (Å²) in [5.41, 5.74) is 0.875. The fourth-order valence-electron chi connectivity index (χ4n) is 1.68. The van der Waals surface area contributed by atoms with Gasteiger partial charge in [-0.3, -0.25) is 10.1 Å². The molecule has 0 bridgehead atoms. The predicted octanol–water partition coefficient (Wildman–Crippen LogP) is 4.65. The summed E-state index contributed by atoms with van der Waals surface area (Å²) in [6, 6.07) is 8.30. The van der Waals surface area contributed by atoms with Gasteiger partial charge in [-0.15, -0.1) is 0 Å². The third kappa shape index (κ3) is 3.37.